The first-order chi connectivity index (χ1) is 13.2. The molecule has 1 fully saturated rings. The number of ether oxygens (including phenoxy) is 2. The Morgan fingerprint density at radius 2 is 1.85 bits per heavy atom. The number of rotatable bonds is 7. The molecule has 0 aliphatic carbocycles. The van der Waals surface area contributed by atoms with Crippen molar-refractivity contribution < 1.29 is 14.3 Å². The second kappa shape index (κ2) is 9.76. The maximum atomic E-state index is 12.1. The third-order valence-electron chi connectivity index (χ3n) is 4.57. The van der Waals surface area contributed by atoms with E-state index in [-0.39, 0.29) is 12.5 Å². The molecule has 0 atom stereocenters. The Kier molecular flexibility index (Phi) is 7.12. The van der Waals surface area contributed by atoms with Crippen molar-refractivity contribution in [3.05, 3.63) is 58.1 Å². The lowest BCUT2D eigenvalue weighted by molar-refractivity contribution is -0.123. The van der Waals surface area contributed by atoms with E-state index in [4.69, 9.17) is 9.47 Å². The zero-order valence-electron chi connectivity index (χ0n) is 15.5. The highest BCUT2D eigenvalue weighted by atomic mass is 79.9. The van der Waals surface area contributed by atoms with Gasteiger partial charge in [-0.1, -0.05) is 25.1 Å². The molecule has 27 heavy (non-hydrogen) atoms. The molecule has 1 aliphatic rings. The molecule has 5 nitrogen and oxygen atoms in total. The summed E-state index contributed by atoms with van der Waals surface area (Å²) in [6.07, 6.45) is 0.962. The number of anilines is 1. The van der Waals surface area contributed by atoms with E-state index in [0.717, 1.165) is 42.8 Å². The van der Waals surface area contributed by atoms with Crippen LogP contribution in [-0.2, 0) is 22.5 Å². The third kappa shape index (κ3) is 5.71. The topological polar surface area (TPSA) is 50.8 Å². The van der Waals surface area contributed by atoms with Gasteiger partial charge >= 0.3 is 0 Å². The first-order valence-corrected chi connectivity index (χ1v) is 10.0. The van der Waals surface area contributed by atoms with Crippen molar-refractivity contribution in [1.82, 2.24) is 5.32 Å². The molecule has 1 N–H and O–H groups in total. The SMILES string of the molecule is CCc1ccc(OCC(=O)NCc2ccc(N3CCOCC3)cc2)c(Br)c1. The normalized spacial score (nSPS) is 14.1. The number of hydrogen-bond donors (Lipinski definition) is 1. The van der Waals surface area contributed by atoms with Gasteiger partial charge in [-0.25, -0.2) is 0 Å². The van der Waals surface area contributed by atoms with Crippen molar-refractivity contribution in [2.45, 2.75) is 19.9 Å². The summed E-state index contributed by atoms with van der Waals surface area (Å²) < 4.78 is 11.9. The van der Waals surface area contributed by atoms with Crippen molar-refractivity contribution in [2.24, 2.45) is 0 Å². The van der Waals surface area contributed by atoms with Crippen LogP contribution < -0.4 is 15.0 Å². The Bertz CT molecular complexity index is 759. The fourth-order valence-corrected chi connectivity index (χ4v) is 3.46. The summed E-state index contributed by atoms with van der Waals surface area (Å²) in [6.45, 7) is 5.97. The van der Waals surface area contributed by atoms with Gasteiger partial charge in [0.25, 0.3) is 5.91 Å². The van der Waals surface area contributed by atoms with Gasteiger partial charge in [-0.15, -0.1) is 0 Å². The predicted molar refractivity (Wildman–Crippen MR) is 110 cm³/mol. The molecule has 3 rings (SSSR count). The van der Waals surface area contributed by atoms with E-state index >= 15 is 0 Å². The highest BCUT2D eigenvalue weighted by Crippen LogP contribution is 2.26. The predicted octanol–water partition coefficient (Wildman–Crippen LogP) is 3.54. The zero-order chi connectivity index (χ0) is 19.1. The number of carbonyl (C=O) groups excluding carboxylic acids is 1. The van der Waals surface area contributed by atoms with Gasteiger partial charge in [0.2, 0.25) is 0 Å². The van der Waals surface area contributed by atoms with E-state index in [0.29, 0.717) is 12.3 Å². The summed E-state index contributed by atoms with van der Waals surface area (Å²) in [5.41, 5.74) is 3.48. The first kappa shape index (κ1) is 19.7. The molecule has 0 unspecified atom stereocenters. The highest BCUT2D eigenvalue weighted by Gasteiger charge is 2.11. The summed E-state index contributed by atoms with van der Waals surface area (Å²) in [6, 6.07) is 14.2. The van der Waals surface area contributed by atoms with Gasteiger partial charge < -0.3 is 19.7 Å². The summed E-state index contributed by atoms with van der Waals surface area (Å²) >= 11 is 3.48. The Balaban J connectivity index is 1.44. The smallest absolute Gasteiger partial charge is 0.258 e. The highest BCUT2D eigenvalue weighted by molar-refractivity contribution is 9.10. The van der Waals surface area contributed by atoms with Gasteiger partial charge in [-0.2, -0.15) is 0 Å². The van der Waals surface area contributed by atoms with Gasteiger partial charge in [0.05, 0.1) is 17.7 Å². The molecule has 1 aliphatic heterocycles. The van der Waals surface area contributed by atoms with Gasteiger partial charge in [0.1, 0.15) is 5.75 Å². The zero-order valence-corrected chi connectivity index (χ0v) is 17.1. The van der Waals surface area contributed by atoms with Crippen molar-refractivity contribution in [3.8, 4) is 5.75 Å². The number of amides is 1. The molecule has 1 heterocycles. The Hall–Kier alpha value is -2.05. The van der Waals surface area contributed by atoms with Crippen LogP contribution in [0.5, 0.6) is 5.75 Å². The molecule has 0 radical (unpaired) electrons. The van der Waals surface area contributed by atoms with Crippen molar-refractivity contribution in [1.29, 1.82) is 0 Å². The average Bonchev–Trinajstić information content (AvgIpc) is 2.72. The molecule has 0 saturated carbocycles. The molecule has 6 heteroatoms. The second-order valence-corrected chi connectivity index (χ2v) is 7.30. The van der Waals surface area contributed by atoms with Crippen molar-refractivity contribution in [3.63, 3.8) is 0 Å². The van der Waals surface area contributed by atoms with E-state index < -0.39 is 0 Å². The maximum absolute atomic E-state index is 12.1. The van der Waals surface area contributed by atoms with Crippen LogP contribution in [0.25, 0.3) is 0 Å². The minimum absolute atomic E-state index is 0.00403. The van der Waals surface area contributed by atoms with E-state index in [2.05, 4.69) is 45.2 Å². The summed E-state index contributed by atoms with van der Waals surface area (Å²) in [5, 5.41) is 2.90. The van der Waals surface area contributed by atoms with E-state index in [1.54, 1.807) is 0 Å². The van der Waals surface area contributed by atoms with Crippen LogP contribution in [-0.4, -0.2) is 38.8 Å². The molecular formula is C21H25BrN2O3. The third-order valence-corrected chi connectivity index (χ3v) is 5.19. The van der Waals surface area contributed by atoms with Crippen LogP contribution in [0, 0.1) is 0 Å². The number of halogens is 1. The quantitative estimate of drug-likeness (QED) is 0.726. The molecule has 0 bridgehead atoms. The standard InChI is InChI=1S/C21H25BrN2O3/c1-2-16-5-8-20(19(22)13-16)27-15-21(25)23-14-17-3-6-18(7-4-17)24-9-11-26-12-10-24/h3-8,13H,2,9-12,14-15H2,1H3,(H,23,25). The van der Waals surface area contributed by atoms with E-state index in [1.807, 2.05) is 30.3 Å². The number of aryl methyl sites for hydroxylation is 1. The minimum Gasteiger partial charge on any atom is -0.483 e. The second-order valence-electron chi connectivity index (χ2n) is 6.45. The molecule has 2 aromatic carbocycles. The van der Waals surface area contributed by atoms with Gasteiger partial charge in [0, 0.05) is 25.3 Å². The first-order valence-electron chi connectivity index (χ1n) is 9.25. The van der Waals surface area contributed by atoms with Crippen LogP contribution in [0.4, 0.5) is 5.69 Å². The van der Waals surface area contributed by atoms with Crippen LogP contribution in [0.3, 0.4) is 0 Å². The van der Waals surface area contributed by atoms with E-state index in [1.165, 1.54) is 11.3 Å². The molecule has 144 valence electrons. The lowest BCUT2D eigenvalue weighted by Gasteiger charge is -2.28. The van der Waals surface area contributed by atoms with Gasteiger partial charge in [-0.3, -0.25) is 4.79 Å². The molecule has 0 aromatic heterocycles. The van der Waals surface area contributed by atoms with Gasteiger partial charge in [0.15, 0.2) is 6.61 Å². The van der Waals surface area contributed by atoms with Gasteiger partial charge in [-0.05, 0) is 57.7 Å². The van der Waals surface area contributed by atoms with Crippen LogP contribution in [0.2, 0.25) is 0 Å². The van der Waals surface area contributed by atoms with Crippen molar-refractivity contribution >= 4 is 27.5 Å². The van der Waals surface area contributed by atoms with Crippen molar-refractivity contribution in [2.75, 3.05) is 37.8 Å². The molecule has 1 amide bonds. The van der Waals surface area contributed by atoms with E-state index in [9.17, 15) is 4.79 Å². The molecule has 0 spiro atoms. The molecule has 2 aromatic rings. The van der Waals surface area contributed by atoms with Crippen LogP contribution in [0.1, 0.15) is 18.1 Å². The maximum Gasteiger partial charge on any atom is 0.258 e. The van der Waals surface area contributed by atoms with Crippen LogP contribution >= 0.6 is 15.9 Å². The fraction of sp³-hybridized carbons (Fsp3) is 0.381. The number of nitrogens with one attached hydrogen (secondary N) is 1. The number of benzene rings is 2. The Morgan fingerprint density at radius 3 is 2.52 bits per heavy atom. The van der Waals surface area contributed by atoms with Crippen LogP contribution in [0.15, 0.2) is 46.9 Å². The number of hydrogen-bond acceptors (Lipinski definition) is 4. The number of nitrogens with zero attached hydrogens (tertiary/aromatic N) is 1. The largest absolute Gasteiger partial charge is 0.483 e. The number of carbonyl (C=O) groups is 1. The summed E-state index contributed by atoms with van der Waals surface area (Å²) in [4.78, 5) is 14.4. The number of morpholine rings is 1. The Labute approximate surface area is 168 Å². The summed E-state index contributed by atoms with van der Waals surface area (Å²) in [5.74, 6) is 0.538. The lowest BCUT2D eigenvalue weighted by Crippen LogP contribution is -2.36. The summed E-state index contributed by atoms with van der Waals surface area (Å²) in [7, 11) is 0. The minimum atomic E-state index is -0.140. The monoisotopic (exact) mass is 432 g/mol. The fourth-order valence-electron chi connectivity index (χ4n) is 2.92. The lowest BCUT2D eigenvalue weighted by atomic mass is 10.2. The molecule has 1 saturated heterocycles. The average molecular weight is 433 g/mol. The Morgan fingerprint density at radius 1 is 1.15 bits per heavy atom. The molecular weight excluding hydrogens is 408 g/mol.